The van der Waals surface area contributed by atoms with E-state index in [9.17, 15) is 14.4 Å². The van der Waals surface area contributed by atoms with Gasteiger partial charge in [-0.25, -0.2) is 4.90 Å². The van der Waals surface area contributed by atoms with Gasteiger partial charge in [0.05, 0.1) is 23.6 Å². The van der Waals surface area contributed by atoms with E-state index in [2.05, 4.69) is 13.8 Å². The van der Waals surface area contributed by atoms with Gasteiger partial charge in [-0.05, 0) is 53.9 Å². The van der Waals surface area contributed by atoms with Gasteiger partial charge in [-0.3, -0.25) is 14.4 Å². The van der Waals surface area contributed by atoms with Crippen molar-refractivity contribution in [3.8, 4) is 5.75 Å². The van der Waals surface area contributed by atoms with Crippen LogP contribution in [-0.2, 0) is 9.59 Å². The van der Waals surface area contributed by atoms with E-state index in [1.54, 1.807) is 42.5 Å². The maximum absolute atomic E-state index is 12.9. The van der Waals surface area contributed by atoms with Gasteiger partial charge in [-0.1, -0.05) is 44.2 Å². The summed E-state index contributed by atoms with van der Waals surface area (Å²) in [7, 11) is 0. The third kappa shape index (κ3) is 4.91. The minimum Gasteiger partial charge on any atom is -0.492 e. The molecule has 7 heteroatoms. The number of para-hydroxylation sites is 1. The van der Waals surface area contributed by atoms with Crippen molar-refractivity contribution >= 4 is 40.6 Å². The van der Waals surface area contributed by atoms with Gasteiger partial charge >= 0.3 is 5.97 Å². The number of hydrogen-bond acceptors (Lipinski definition) is 5. The maximum Gasteiger partial charge on any atom is 0.306 e. The number of imide groups is 1. The maximum atomic E-state index is 12.9. The Morgan fingerprint density at radius 2 is 1.87 bits per heavy atom. The number of amides is 2. The summed E-state index contributed by atoms with van der Waals surface area (Å²) < 4.78 is 5.53. The minimum absolute atomic E-state index is 0.0181. The van der Waals surface area contributed by atoms with Gasteiger partial charge in [-0.2, -0.15) is 0 Å². The molecule has 1 aliphatic heterocycles. The van der Waals surface area contributed by atoms with Crippen LogP contribution < -0.4 is 9.64 Å². The molecule has 0 aromatic heterocycles. The second-order valence-corrected chi connectivity index (χ2v) is 7.94. The number of nitrogens with zero attached hydrogens (tertiary/aromatic N) is 1. The molecule has 1 aliphatic rings. The first-order valence-corrected chi connectivity index (χ1v) is 10.5. The molecule has 2 aromatic carbocycles. The largest absolute Gasteiger partial charge is 0.492 e. The number of rotatable bonds is 8. The van der Waals surface area contributed by atoms with E-state index >= 15 is 0 Å². The molecule has 1 fully saturated rings. The summed E-state index contributed by atoms with van der Waals surface area (Å²) in [5.74, 6) is -0.468. The molecule has 1 atom stereocenters. The van der Waals surface area contributed by atoms with Crippen molar-refractivity contribution in [2.24, 2.45) is 0 Å². The Hall–Kier alpha value is -3.06. The summed E-state index contributed by atoms with van der Waals surface area (Å²) in [6.45, 7) is 4.26. The molecular weight excluding hydrogens is 402 g/mol. The van der Waals surface area contributed by atoms with Crippen molar-refractivity contribution in [3.63, 3.8) is 0 Å². The van der Waals surface area contributed by atoms with Crippen LogP contribution in [0, 0.1) is 0 Å². The van der Waals surface area contributed by atoms with Gasteiger partial charge in [0.2, 0.25) is 0 Å². The van der Waals surface area contributed by atoms with Crippen LogP contribution in [0.3, 0.4) is 0 Å². The Balaban J connectivity index is 1.81. The fourth-order valence-electron chi connectivity index (χ4n) is 3.00. The number of carboxylic acids is 1. The summed E-state index contributed by atoms with van der Waals surface area (Å²) in [6, 6.07) is 14.5. The molecule has 2 aromatic rings. The minimum atomic E-state index is -0.951. The lowest BCUT2D eigenvalue weighted by Gasteiger charge is -2.15. The van der Waals surface area contributed by atoms with E-state index in [0.717, 1.165) is 23.7 Å². The fraction of sp³-hybridized carbons (Fsp3) is 0.261. The molecule has 3 rings (SSSR count). The zero-order chi connectivity index (χ0) is 21.7. The lowest BCUT2D eigenvalue weighted by molar-refractivity contribution is -0.137. The number of aliphatic carboxylic acids is 1. The van der Waals surface area contributed by atoms with Gasteiger partial charge in [0.1, 0.15) is 5.75 Å². The molecule has 0 bridgehead atoms. The van der Waals surface area contributed by atoms with Crippen molar-refractivity contribution in [2.45, 2.75) is 32.6 Å². The number of benzene rings is 2. The van der Waals surface area contributed by atoms with Gasteiger partial charge in [0.15, 0.2) is 0 Å². The van der Waals surface area contributed by atoms with Crippen LogP contribution in [0.15, 0.2) is 53.4 Å². The predicted molar refractivity (Wildman–Crippen MR) is 118 cm³/mol. The Kier molecular flexibility index (Phi) is 6.95. The molecule has 0 spiro atoms. The fourth-order valence-corrected chi connectivity index (χ4v) is 3.83. The zero-order valence-electron chi connectivity index (χ0n) is 16.8. The van der Waals surface area contributed by atoms with Crippen LogP contribution in [0.4, 0.5) is 10.5 Å². The highest BCUT2D eigenvalue weighted by molar-refractivity contribution is 8.19. The normalized spacial score (nSPS) is 16.2. The Labute approximate surface area is 179 Å². The van der Waals surface area contributed by atoms with Gasteiger partial charge in [-0.15, -0.1) is 0 Å². The van der Waals surface area contributed by atoms with Crippen LogP contribution >= 0.6 is 11.8 Å². The second kappa shape index (κ2) is 9.63. The average Bonchev–Trinajstić information content (AvgIpc) is 3.01. The smallest absolute Gasteiger partial charge is 0.306 e. The SMILES string of the molecule is CCC(C)c1ccc(N2C(=O)S/C(=C/c3ccccc3OCCC(=O)O)C2=O)cc1. The molecule has 2 amide bonds. The molecule has 0 radical (unpaired) electrons. The lowest BCUT2D eigenvalue weighted by Crippen LogP contribution is -2.27. The Morgan fingerprint density at radius 1 is 1.17 bits per heavy atom. The topological polar surface area (TPSA) is 83.9 Å². The quantitative estimate of drug-likeness (QED) is 0.578. The van der Waals surface area contributed by atoms with Gasteiger partial charge in [0.25, 0.3) is 11.1 Å². The standard InChI is InChI=1S/C23H23NO5S/c1-3-15(2)16-8-10-18(11-9-16)24-22(27)20(30-23(24)28)14-17-6-4-5-7-19(17)29-13-12-21(25)26/h4-11,14-15H,3,12-13H2,1-2H3,(H,25,26)/b20-14+. The van der Waals surface area contributed by atoms with E-state index in [4.69, 9.17) is 9.84 Å². The number of carbonyl (C=O) groups is 3. The zero-order valence-corrected chi connectivity index (χ0v) is 17.6. The molecule has 6 nitrogen and oxygen atoms in total. The van der Waals surface area contributed by atoms with E-state index < -0.39 is 5.97 Å². The van der Waals surface area contributed by atoms with Crippen molar-refractivity contribution in [2.75, 3.05) is 11.5 Å². The number of ether oxygens (including phenoxy) is 1. The predicted octanol–water partition coefficient (Wildman–Crippen LogP) is 5.29. The molecule has 156 valence electrons. The number of thioether (sulfide) groups is 1. The van der Waals surface area contributed by atoms with E-state index in [-0.39, 0.29) is 24.2 Å². The summed E-state index contributed by atoms with van der Waals surface area (Å²) in [5, 5.41) is 8.42. The first-order chi connectivity index (χ1) is 14.4. The Morgan fingerprint density at radius 3 is 2.53 bits per heavy atom. The lowest BCUT2D eigenvalue weighted by atomic mass is 9.98. The highest BCUT2D eigenvalue weighted by atomic mass is 32.2. The summed E-state index contributed by atoms with van der Waals surface area (Å²) in [6.07, 6.45) is 2.49. The first-order valence-electron chi connectivity index (χ1n) is 9.72. The van der Waals surface area contributed by atoms with Crippen molar-refractivity contribution < 1.29 is 24.2 Å². The van der Waals surface area contributed by atoms with Crippen LogP contribution in [0.1, 0.15) is 43.7 Å². The highest BCUT2D eigenvalue weighted by Crippen LogP contribution is 2.37. The van der Waals surface area contributed by atoms with E-state index in [1.807, 2.05) is 12.1 Å². The average molecular weight is 426 g/mol. The van der Waals surface area contributed by atoms with Crippen LogP contribution in [0.5, 0.6) is 5.75 Å². The van der Waals surface area contributed by atoms with Gasteiger partial charge in [0, 0.05) is 5.56 Å². The number of hydrogen-bond donors (Lipinski definition) is 1. The number of anilines is 1. The third-order valence-corrected chi connectivity index (χ3v) is 5.78. The molecule has 1 N–H and O–H groups in total. The van der Waals surface area contributed by atoms with Crippen LogP contribution in [0.2, 0.25) is 0 Å². The summed E-state index contributed by atoms with van der Waals surface area (Å²) in [4.78, 5) is 37.6. The number of carbonyl (C=O) groups excluding carboxylic acids is 2. The first kappa shape index (κ1) is 21.6. The molecular formula is C23H23NO5S. The molecule has 0 aliphatic carbocycles. The Bertz CT molecular complexity index is 983. The van der Waals surface area contributed by atoms with Crippen molar-refractivity contribution in [1.82, 2.24) is 0 Å². The summed E-state index contributed by atoms with van der Waals surface area (Å²) >= 11 is 0.873. The van der Waals surface area contributed by atoms with E-state index in [1.165, 1.54) is 4.90 Å². The molecule has 1 heterocycles. The number of carboxylic acid groups (broad SMARTS) is 1. The molecule has 1 unspecified atom stereocenters. The molecule has 1 saturated heterocycles. The molecule has 0 saturated carbocycles. The van der Waals surface area contributed by atoms with E-state index in [0.29, 0.717) is 27.8 Å². The van der Waals surface area contributed by atoms with Crippen LogP contribution in [-0.4, -0.2) is 28.8 Å². The van der Waals surface area contributed by atoms with Gasteiger partial charge < -0.3 is 9.84 Å². The molecule has 30 heavy (non-hydrogen) atoms. The van der Waals surface area contributed by atoms with Crippen molar-refractivity contribution in [1.29, 1.82) is 0 Å². The monoisotopic (exact) mass is 425 g/mol. The summed E-state index contributed by atoms with van der Waals surface area (Å²) in [5.41, 5.74) is 2.32. The highest BCUT2D eigenvalue weighted by Gasteiger charge is 2.36. The van der Waals surface area contributed by atoms with Crippen molar-refractivity contribution in [3.05, 3.63) is 64.6 Å². The van der Waals surface area contributed by atoms with Crippen LogP contribution in [0.25, 0.3) is 6.08 Å². The second-order valence-electron chi connectivity index (χ2n) is 6.95. The third-order valence-electron chi connectivity index (χ3n) is 4.91.